The topological polar surface area (TPSA) is 62.6 Å². The second-order valence-corrected chi connectivity index (χ2v) is 8.55. The Morgan fingerprint density at radius 2 is 1.59 bits per heavy atom. The van der Waals surface area contributed by atoms with Crippen LogP contribution in [0.5, 0.6) is 17.2 Å². The molecule has 1 unspecified atom stereocenters. The molecule has 0 saturated carbocycles. The van der Waals surface area contributed by atoms with Gasteiger partial charge in [-0.15, -0.1) is 0 Å². The molecule has 0 N–H and O–H groups in total. The Bertz CT molecular complexity index is 948. The third kappa shape index (κ3) is 4.52. The van der Waals surface area contributed by atoms with Gasteiger partial charge in [-0.3, -0.25) is 0 Å². The van der Waals surface area contributed by atoms with E-state index in [-0.39, 0.29) is 5.56 Å². The Morgan fingerprint density at radius 3 is 2.19 bits per heavy atom. The summed E-state index contributed by atoms with van der Waals surface area (Å²) in [6.45, 7) is 0.453. The molecule has 0 fully saturated rings. The molecule has 1 aromatic heterocycles. The summed E-state index contributed by atoms with van der Waals surface area (Å²) in [6.07, 6.45) is 0. The molecule has 0 aliphatic rings. The van der Waals surface area contributed by atoms with Gasteiger partial charge in [0.2, 0.25) is 0 Å². The zero-order chi connectivity index (χ0) is 19.2. The van der Waals surface area contributed by atoms with Crippen molar-refractivity contribution in [2.24, 2.45) is 0 Å². The molecule has 6 nitrogen and oxygen atoms in total. The van der Waals surface area contributed by atoms with Crippen LogP contribution >= 0.6 is 0 Å². The molecule has 3 aromatic rings. The molecule has 140 valence electrons. The number of nitrogens with zero attached hydrogens (tertiary/aromatic N) is 2. The number of rotatable bonds is 7. The average Bonchev–Trinajstić information content (AvgIpc) is 2.70. The van der Waals surface area contributed by atoms with Crippen LogP contribution in [0.2, 0.25) is 0 Å². The van der Waals surface area contributed by atoms with Crippen molar-refractivity contribution < 1.29 is 14.2 Å². The summed E-state index contributed by atoms with van der Waals surface area (Å²) in [4.78, 5) is 12.2. The van der Waals surface area contributed by atoms with Gasteiger partial charge in [-0.25, -0.2) is 0 Å². The molecular weight excluding hydrogens is 407 g/mol. The van der Waals surface area contributed by atoms with Crippen molar-refractivity contribution in [2.45, 2.75) is 6.54 Å². The minimum atomic E-state index is -0.786. The van der Waals surface area contributed by atoms with E-state index in [0.29, 0.717) is 23.8 Å². The number of hydrogen-bond acceptors (Lipinski definition) is 5. The molecule has 0 bridgehead atoms. The second kappa shape index (κ2) is 8.78. The van der Waals surface area contributed by atoms with E-state index in [0.717, 1.165) is 14.4 Å². The maximum absolute atomic E-state index is 12.2. The van der Waals surface area contributed by atoms with Gasteiger partial charge >= 0.3 is 164 Å². The summed E-state index contributed by atoms with van der Waals surface area (Å²) in [5, 5.41) is 4.56. The fourth-order valence-corrected chi connectivity index (χ4v) is 4.87. The third-order valence-corrected chi connectivity index (χ3v) is 6.29. The van der Waals surface area contributed by atoms with E-state index in [2.05, 4.69) is 5.10 Å². The van der Waals surface area contributed by atoms with Crippen LogP contribution in [0, 0.1) is 0 Å². The number of aromatic nitrogens is 2. The van der Waals surface area contributed by atoms with Crippen molar-refractivity contribution in [1.82, 2.24) is 9.78 Å². The van der Waals surface area contributed by atoms with Gasteiger partial charge < -0.3 is 0 Å². The Labute approximate surface area is 164 Å². The first-order valence-electron chi connectivity index (χ1n) is 8.33. The Morgan fingerprint density at radius 1 is 0.926 bits per heavy atom. The first-order chi connectivity index (χ1) is 13.1. The number of benzene rings is 2. The summed E-state index contributed by atoms with van der Waals surface area (Å²) in [5.74, 6) is 1.80. The normalized spacial score (nSPS) is 10.9. The Hall–Kier alpha value is -2.72. The molecule has 1 atom stereocenters. The average molecular weight is 428 g/mol. The Balaban J connectivity index is 1.90. The van der Waals surface area contributed by atoms with Gasteiger partial charge in [0.1, 0.15) is 0 Å². The summed E-state index contributed by atoms with van der Waals surface area (Å²) in [5.41, 5.74) is 0.927. The van der Waals surface area contributed by atoms with Crippen LogP contribution < -0.4 is 28.6 Å². The van der Waals surface area contributed by atoms with Crippen LogP contribution in [0.15, 0.2) is 59.4 Å². The predicted molar refractivity (Wildman–Crippen MR) is 107 cm³/mol. The monoisotopic (exact) mass is 428 g/mol. The molecule has 0 amide bonds. The zero-order valence-corrected chi connectivity index (χ0v) is 17.5. The molecule has 3 rings (SSSR count). The summed E-state index contributed by atoms with van der Waals surface area (Å²) < 4.78 is 19.7. The molecule has 0 aliphatic carbocycles. The molecule has 1 heterocycles. The number of ether oxygens (including phenoxy) is 3. The van der Waals surface area contributed by atoms with Gasteiger partial charge in [0.05, 0.1) is 0 Å². The van der Waals surface area contributed by atoms with Crippen molar-refractivity contribution >= 4 is 24.6 Å². The van der Waals surface area contributed by atoms with Crippen molar-refractivity contribution in [3.63, 3.8) is 0 Å². The minimum absolute atomic E-state index is 0.112. The molecular formula is C20H21AsN2O4. The molecule has 0 saturated heterocycles. The fourth-order valence-electron chi connectivity index (χ4n) is 2.69. The molecule has 0 spiro atoms. The van der Waals surface area contributed by atoms with Crippen LogP contribution in [0.25, 0.3) is 0 Å². The van der Waals surface area contributed by atoms with E-state index >= 15 is 0 Å². The molecule has 27 heavy (non-hydrogen) atoms. The summed E-state index contributed by atoms with van der Waals surface area (Å²) >= 11 is -0.786. The summed E-state index contributed by atoms with van der Waals surface area (Å²) in [7, 11) is 4.77. The SMILES string of the molecule is COc1cc([AsH]c2ccc(=O)n(Cc3ccccc3)n2)cc(OC)c1OC. The number of methoxy groups -OCH3 is 3. The van der Waals surface area contributed by atoms with Crippen LogP contribution in [0.3, 0.4) is 0 Å². The molecule has 7 heteroatoms. The van der Waals surface area contributed by atoms with Gasteiger partial charge in [0.15, 0.2) is 0 Å². The molecule has 2 aromatic carbocycles. The van der Waals surface area contributed by atoms with Crippen LogP contribution in [-0.4, -0.2) is 46.9 Å². The van der Waals surface area contributed by atoms with Gasteiger partial charge in [0, 0.05) is 0 Å². The fraction of sp³-hybridized carbons (Fsp3) is 0.200. The van der Waals surface area contributed by atoms with Crippen molar-refractivity contribution in [3.8, 4) is 17.2 Å². The van der Waals surface area contributed by atoms with E-state index in [4.69, 9.17) is 14.2 Å². The van der Waals surface area contributed by atoms with Crippen molar-refractivity contribution in [1.29, 1.82) is 0 Å². The third-order valence-electron chi connectivity index (χ3n) is 3.98. The van der Waals surface area contributed by atoms with Crippen molar-refractivity contribution in [2.75, 3.05) is 21.3 Å². The van der Waals surface area contributed by atoms with Gasteiger partial charge in [0.25, 0.3) is 0 Å². The van der Waals surface area contributed by atoms with Gasteiger partial charge in [-0.2, -0.15) is 0 Å². The maximum atomic E-state index is 12.2. The van der Waals surface area contributed by atoms with Crippen LogP contribution in [0.4, 0.5) is 0 Å². The van der Waals surface area contributed by atoms with E-state index in [1.165, 1.54) is 4.68 Å². The molecule has 0 radical (unpaired) electrons. The first-order valence-corrected chi connectivity index (χ1v) is 10.4. The van der Waals surface area contributed by atoms with Gasteiger partial charge in [-0.1, -0.05) is 0 Å². The van der Waals surface area contributed by atoms with Crippen LogP contribution in [0.1, 0.15) is 5.56 Å². The summed E-state index contributed by atoms with van der Waals surface area (Å²) in [6, 6.07) is 17.1. The standard InChI is InChI=1S/C20H21AsN2O4/c1-25-16-11-15(12-17(26-2)20(16)27-3)21-18-9-10-19(24)23(22-18)13-14-7-5-4-6-8-14/h4-12,21H,13H2,1-3H3. The van der Waals surface area contributed by atoms with E-state index in [9.17, 15) is 4.79 Å². The molecule has 0 aliphatic heterocycles. The van der Waals surface area contributed by atoms with E-state index < -0.39 is 15.8 Å². The predicted octanol–water partition coefficient (Wildman–Crippen LogP) is 0.705. The number of hydrogen-bond donors (Lipinski definition) is 0. The zero-order valence-electron chi connectivity index (χ0n) is 15.4. The van der Waals surface area contributed by atoms with Crippen molar-refractivity contribution in [3.05, 3.63) is 70.5 Å². The van der Waals surface area contributed by atoms with E-state index in [1.807, 2.05) is 42.5 Å². The Kier molecular flexibility index (Phi) is 6.19. The van der Waals surface area contributed by atoms with Crippen LogP contribution in [-0.2, 0) is 6.54 Å². The van der Waals surface area contributed by atoms with Gasteiger partial charge in [-0.05, 0) is 0 Å². The van der Waals surface area contributed by atoms with E-state index in [1.54, 1.807) is 33.5 Å². The first kappa shape index (κ1) is 19.1. The second-order valence-electron chi connectivity index (χ2n) is 5.74. The quantitative estimate of drug-likeness (QED) is 0.519.